The molecule has 0 bridgehead atoms. The Morgan fingerprint density at radius 1 is 1.13 bits per heavy atom. The van der Waals surface area contributed by atoms with Crippen LogP contribution in [0.2, 0.25) is 0 Å². The van der Waals surface area contributed by atoms with Crippen LogP contribution in [-0.4, -0.2) is 63.3 Å². The summed E-state index contributed by atoms with van der Waals surface area (Å²) >= 11 is 2.07. The van der Waals surface area contributed by atoms with E-state index in [9.17, 15) is 8.42 Å². The van der Waals surface area contributed by atoms with Gasteiger partial charge in [-0.1, -0.05) is 0 Å². The summed E-state index contributed by atoms with van der Waals surface area (Å²) in [6.45, 7) is 3.10. The predicted molar refractivity (Wildman–Crippen MR) is 97.6 cm³/mol. The molecule has 1 aliphatic carbocycles. The van der Waals surface area contributed by atoms with Crippen molar-refractivity contribution in [1.29, 1.82) is 0 Å². The second kappa shape index (κ2) is 8.04. The zero-order valence-corrected chi connectivity index (χ0v) is 15.7. The molecule has 2 heterocycles. The minimum absolute atomic E-state index is 0.107. The van der Waals surface area contributed by atoms with Gasteiger partial charge in [-0.05, 0) is 55.4 Å². The topological polar surface area (TPSA) is 70.2 Å². The van der Waals surface area contributed by atoms with E-state index in [0.29, 0.717) is 18.1 Å². The Labute approximate surface area is 145 Å². The number of nitrogens with one attached hydrogen (secondary N) is 3. The van der Waals surface area contributed by atoms with Crippen molar-refractivity contribution in [3.63, 3.8) is 0 Å². The molecule has 23 heavy (non-hydrogen) atoms. The molecule has 3 atom stereocenters. The van der Waals surface area contributed by atoms with Gasteiger partial charge in [0.05, 0.1) is 11.4 Å². The van der Waals surface area contributed by atoms with Crippen molar-refractivity contribution in [2.45, 2.75) is 49.6 Å². The molecule has 7 heteroatoms. The van der Waals surface area contributed by atoms with E-state index in [4.69, 9.17) is 0 Å². The lowest BCUT2D eigenvalue weighted by molar-refractivity contribution is 0.199. The van der Waals surface area contributed by atoms with Crippen LogP contribution in [0.25, 0.3) is 0 Å². The van der Waals surface area contributed by atoms with Gasteiger partial charge in [0, 0.05) is 31.9 Å². The maximum absolute atomic E-state index is 11.7. The van der Waals surface area contributed by atoms with Crippen molar-refractivity contribution in [2.24, 2.45) is 11.8 Å². The summed E-state index contributed by atoms with van der Waals surface area (Å²) in [5.41, 5.74) is 0. The number of sulfone groups is 1. The maximum atomic E-state index is 11.7. The molecule has 0 aromatic rings. The lowest BCUT2D eigenvalue weighted by atomic mass is 9.83. The van der Waals surface area contributed by atoms with Gasteiger partial charge in [0.2, 0.25) is 0 Å². The fourth-order valence-electron chi connectivity index (χ4n) is 4.17. The number of rotatable bonds is 5. The van der Waals surface area contributed by atoms with Crippen LogP contribution in [0, 0.1) is 11.8 Å². The summed E-state index contributed by atoms with van der Waals surface area (Å²) in [7, 11) is -2.86. The fourth-order valence-corrected chi connectivity index (χ4v) is 6.58. The first kappa shape index (κ1) is 18.0. The third-order valence-electron chi connectivity index (χ3n) is 5.70. The highest BCUT2D eigenvalue weighted by molar-refractivity contribution is 7.99. The average Bonchev–Trinajstić information content (AvgIpc) is 3.06. The van der Waals surface area contributed by atoms with Crippen LogP contribution in [0.1, 0.15) is 32.1 Å². The normalized spacial score (nSPS) is 39.4. The summed E-state index contributed by atoms with van der Waals surface area (Å²) in [6, 6.07) is 0.472. The summed E-state index contributed by atoms with van der Waals surface area (Å²) in [4.78, 5) is 0. The molecule has 3 N–H and O–H groups in total. The summed E-state index contributed by atoms with van der Waals surface area (Å²) in [6.07, 6.45) is 6.81. The lowest BCUT2D eigenvalue weighted by Gasteiger charge is -2.40. The van der Waals surface area contributed by atoms with Crippen LogP contribution < -0.4 is 16.0 Å². The highest BCUT2D eigenvalue weighted by Crippen LogP contribution is 2.30. The Hall–Kier alpha value is 0.180. The van der Waals surface area contributed by atoms with Gasteiger partial charge in [0.1, 0.15) is 9.84 Å². The molecule has 2 saturated heterocycles. The summed E-state index contributed by atoms with van der Waals surface area (Å²) in [5.74, 6) is 4.04. The van der Waals surface area contributed by atoms with Gasteiger partial charge in [0.25, 0.3) is 0 Å². The monoisotopic (exact) mass is 361 g/mol. The highest BCUT2D eigenvalue weighted by atomic mass is 32.2. The first-order valence-corrected chi connectivity index (χ1v) is 12.1. The molecule has 3 unspecified atom stereocenters. The largest absolute Gasteiger partial charge is 0.312 e. The SMILES string of the molecule is CS(=O)(=O)C1CCC(C2CNCC(NCC3CCSC3)N2)CC1. The highest BCUT2D eigenvalue weighted by Gasteiger charge is 2.34. The predicted octanol–water partition coefficient (Wildman–Crippen LogP) is 0.820. The van der Waals surface area contributed by atoms with E-state index in [1.807, 2.05) is 0 Å². The minimum Gasteiger partial charge on any atom is -0.312 e. The number of thioether (sulfide) groups is 1. The molecule has 134 valence electrons. The van der Waals surface area contributed by atoms with Crippen molar-refractivity contribution in [3.05, 3.63) is 0 Å². The van der Waals surface area contributed by atoms with Gasteiger partial charge in [0.15, 0.2) is 0 Å². The Morgan fingerprint density at radius 2 is 1.91 bits per heavy atom. The van der Waals surface area contributed by atoms with E-state index < -0.39 is 9.84 Å². The quantitative estimate of drug-likeness (QED) is 0.674. The number of hydrogen-bond donors (Lipinski definition) is 3. The Kier molecular flexibility index (Phi) is 6.29. The second-order valence-electron chi connectivity index (χ2n) is 7.49. The van der Waals surface area contributed by atoms with E-state index in [2.05, 4.69) is 27.7 Å². The van der Waals surface area contributed by atoms with Crippen molar-refractivity contribution < 1.29 is 8.42 Å². The summed E-state index contributed by atoms with van der Waals surface area (Å²) in [5, 5.41) is 10.9. The zero-order chi connectivity index (χ0) is 16.3. The maximum Gasteiger partial charge on any atom is 0.150 e. The Morgan fingerprint density at radius 3 is 2.57 bits per heavy atom. The first-order chi connectivity index (χ1) is 11.0. The molecule has 0 aromatic heterocycles. The van der Waals surface area contributed by atoms with Gasteiger partial charge in [-0.25, -0.2) is 8.42 Å². The summed E-state index contributed by atoms with van der Waals surface area (Å²) < 4.78 is 23.4. The van der Waals surface area contributed by atoms with Crippen molar-refractivity contribution in [2.75, 3.05) is 37.4 Å². The lowest BCUT2D eigenvalue weighted by Crippen LogP contribution is -2.63. The standard InChI is InChI=1S/C16H31N3O2S2/c1-23(20,21)14-4-2-13(3-5-14)15-9-17-10-16(19-15)18-8-12-6-7-22-11-12/h12-19H,2-11H2,1H3. The van der Waals surface area contributed by atoms with E-state index in [-0.39, 0.29) is 5.25 Å². The molecule has 1 saturated carbocycles. The molecule has 5 nitrogen and oxygen atoms in total. The smallest absolute Gasteiger partial charge is 0.150 e. The van der Waals surface area contributed by atoms with Crippen LogP contribution in [0.15, 0.2) is 0 Å². The Bertz CT molecular complexity index is 472. The van der Waals surface area contributed by atoms with Crippen LogP contribution >= 0.6 is 11.8 Å². The molecule has 3 aliphatic rings. The van der Waals surface area contributed by atoms with Gasteiger partial charge < -0.3 is 10.6 Å². The Balaban J connectivity index is 1.43. The molecule has 2 aliphatic heterocycles. The number of piperazine rings is 1. The van der Waals surface area contributed by atoms with E-state index in [1.165, 1.54) is 24.2 Å². The van der Waals surface area contributed by atoms with Crippen LogP contribution in [0.5, 0.6) is 0 Å². The molecule has 0 amide bonds. The minimum atomic E-state index is -2.86. The van der Waals surface area contributed by atoms with E-state index >= 15 is 0 Å². The third-order valence-corrected chi connectivity index (χ3v) is 8.61. The molecule has 0 aromatic carbocycles. The number of hydrogen-bond acceptors (Lipinski definition) is 6. The third kappa shape index (κ3) is 5.08. The van der Waals surface area contributed by atoms with Crippen molar-refractivity contribution in [1.82, 2.24) is 16.0 Å². The fraction of sp³-hybridized carbons (Fsp3) is 1.00. The first-order valence-electron chi connectivity index (χ1n) is 8.99. The van der Waals surface area contributed by atoms with Crippen LogP contribution in [0.3, 0.4) is 0 Å². The molecular weight excluding hydrogens is 330 g/mol. The second-order valence-corrected chi connectivity index (χ2v) is 11.0. The van der Waals surface area contributed by atoms with Crippen molar-refractivity contribution in [3.8, 4) is 0 Å². The van der Waals surface area contributed by atoms with E-state index in [0.717, 1.165) is 51.2 Å². The van der Waals surface area contributed by atoms with Gasteiger partial charge in [-0.3, -0.25) is 5.32 Å². The average molecular weight is 362 g/mol. The van der Waals surface area contributed by atoms with Gasteiger partial charge in [-0.2, -0.15) is 11.8 Å². The molecule has 0 spiro atoms. The van der Waals surface area contributed by atoms with Crippen LogP contribution in [0.4, 0.5) is 0 Å². The molecule has 3 fully saturated rings. The van der Waals surface area contributed by atoms with Crippen molar-refractivity contribution >= 4 is 21.6 Å². The molecule has 3 rings (SSSR count). The van der Waals surface area contributed by atoms with Crippen LogP contribution in [-0.2, 0) is 9.84 Å². The molecular formula is C16H31N3O2S2. The van der Waals surface area contributed by atoms with E-state index in [1.54, 1.807) is 0 Å². The zero-order valence-electron chi connectivity index (χ0n) is 14.1. The molecule has 0 radical (unpaired) electrons. The van der Waals surface area contributed by atoms with Gasteiger partial charge >= 0.3 is 0 Å². The van der Waals surface area contributed by atoms with Gasteiger partial charge in [-0.15, -0.1) is 0 Å².